The van der Waals surface area contributed by atoms with Gasteiger partial charge in [-0.25, -0.2) is 4.79 Å². The SMILES string of the molecule is COC(=O)c1c(NC(=O)CCC(=O)O)sc(C)c1-c1ccc(C)cc1C. The van der Waals surface area contributed by atoms with Crippen LogP contribution in [-0.4, -0.2) is 30.1 Å². The third kappa shape index (κ3) is 4.29. The van der Waals surface area contributed by atoms with Crippen LogP contribution in [0.15, 0.2) is 18.2 Å². The van der Waals surface area contributed by atoms with Crippen molar-refractivity contribution in [3.05, 3.63) is 39.8 Å². The second-order valence-corrected chi connectivity index (χ2v) is 7.21. The van der Waals surface area contributed by atoms with Crippen molar-refractivity contribution >= 4 is 34.2 Å². The number of carboxylic acids is 1. The second-order valence-electron chi connectivity index (χ2n) is 5.99. The van der Waals surface area contributed by atoms with E-state index < -0.39 is 17.8 Å². The van der Waals surface area contributed by atoms with Gasteiger partial charge in [-0.1, -0.05) is 23.8 Å². The number of benzene rings is 1. The van der Waals surface area contributed by atoms with Crippen LogP contribution in [0.2, 0.25) is 0 Å². The molecule has 0 radical (unpaired) electrons. The van der Waals surface area contributed by atoms with E-state index >= 15 is 0 Å². The lowest BCUT2D eigenvalue weighted by atomic mass is 9.96. The molecule has 0 saturated heterocycles. The molecule has 0 aliphatic rings. The summed E-state index contributed by atoms with van der Waals surface area (Å²) in [5.41, 5.74) is 4.05. The molecule has 1 heterocycles. The molecule has 2 rings (SSSR count). The number of ether oxygens (including phenoxy) is 1. The van der Waals surface area contributed by atoms with Gasteiger partial charge in [-0.3, -0.25) is 9.59 Å². The first-order valence-corrected chi connectivity index (χ1v) is 8.87. The molecule has 0 unspecified atom stereocenters. The molecule has 2 N–H and O–H groups in total. The van der Waals surface area contributed by atoms with E-state index in [-0.39, 0.29) is 12.8 Å². The zero-order valence-corrected chi connectivity index (χ0v) is 16.0. The smallest absolute Gasteiger partial charge is 0.341 e. The fourth-order valence-electron chi connectivity index (χ4n) is 2.76. The molecule has 1 amide bonds. The monoisotopic (exact) mass is 375 g/mol. The van der Waals surface area contributed by atoms with Crippen molar-refractivity contribution in [3.8, 4) is 11.1 Å². The molecule has 0 fully saturated rings. The molecule has 6 nitrogen and oxygen atoms in total. The molecular weight excluding hydrogens is 354 g/mol. The van der Waals surface area contributed by atoms with Gasteiger partial charge in [0.05, 0.1) is 13.5 Å². The Morgan fingerprint density at radius 2 is 1.85 bits per heavy atom. The Bertz CT molecular complexity index is 869. The highest BCUT2D eigenvalue weighted by atomic mass is 32.1. The van der Waals surface area contributed by atoms with E-state index in [1.165, 1.54) is 18.4 Å². The molecule has 1 aromatic carbocycles. The summed E-state index contributed by atoms with van der Waals surface area (Å²) in [5, 5.41) is 11.7. The molecule has 0 bridgehead atoms. The lowest BCUT2D eigenvalue weighted by molar-refractivity contribution is -0.138. The van der Waals surface area contributed by atoms with Gasteiger partial charge in [0.15, 0.2) is 0 Å². The zero-order valence-electron chi connectivity index (χ0n) is 15.1. The van der Waals surface area contributed by atoms with E-state index in [1.54, 1.807) is 0 Å². The summed E-state index contributed by atoms with van der Waals surface area (Å²) < 4.78 is 4.92. The molecular formula is C19H21NO5S. The number of carbonyl (C=O) groups excluding carboxylic acids is 2. The summed E-state index contributed by atoms with van der Waals surface area (Å²) in [6.07, 6.45) is -0.431. The number of rotatable bonds is 6. The van der Waals surface area contributed by atoms with Gasteiger partial charge in [0, 0.05) is 16.9 Å². The van der Waals surface area contributed by atoms with Crippen LogP contribution in [0.5, 0.6) is 0 Å². The largest absolute Gasteiger partial charge is 0.481 e. The first-order valence-electron chi connectivity index (χ1n) is 8.05. The predicted molar refractivity (Wildman–Crippen MR) is 101 cm³/mol. The van der Waals surface area contributed by atoms with Crippen LogP contribution in [0.1, 0.15) is 39.2 Å². The number of hydrogen-bond acceptors (Lipinski definition) is 5. The van der Waals surface area contributed by atoms with E-state index in [1.807, 2.05) is 39.0 Å². The molecule has 26 heavy (non-hydrogen) atoms. The number of hydrogen-bond donors (Lipinski definition) is 2. The van der Waals surface area contributed by atoms with Crippen LogP contribution in [0.4, 0.5) is 5.00 Å². The van der Waals surface area contributed by atoms with Crippen LogP contribution in [0, 0.1) is 20.8 Å². The number of aryl methyl sites for hydroxylation is 3. The lowest BCUT2D eigenvalue weighted by Crippen LogP contribution is -2.15. The number of carboxylic acid groups (broad SMARTS) is 1. The van der Waals surface area contributed by atoms with E-state index in [2.05, 4.69) is 5.32 Å². The highest BCUT2D eigenvalue weighted by Gasteiger charge is 2.26. The van der Waals surface area contributed by atoms with Crippen LogP contribution < -0.4 is 5.32 Å². The van der Waals surface area contributed by atoms with Crippen molar-refractivity contribution in [2.75, 3.05) is 12.4 Å². The average Bonchev–Trinajstić information content (AvgIpc) is 2.88. The van der Waals surface area contributed by atoms with Gasteiger partial charge < -0.3 is 15.2 Å². The zero-order chi connectivity index (χ0) is 19.4. The van der Waals surface area contributed by atoms with Gasteiger partial charge in [0.25, 0.3) is 0 Å². The molecule has 0 atom stereocenters. The Hall–Kier alpha value is -2.67. The summed E-state index contributed by atoms with van der Waals surface area (Å²) in [7, 11) is 1.29. The molecule has 2 aromatic rings. The van der Waals surface area contributed by atoms with Gasteiger partial charge in [-0.15, -0.1) is 11.3 Å². The van der Waals surface area contributed by atoms with Crippen LogP contribution in [-0.2, 0) is 14.3 Å². The molecule has 1 aromatic heterocycles. The normalized spacial score (nSPS) is 10.5. The maximum Gasteiger partial charge on any atom is 0.341 e. The summed E-state index contributed by atoms with van der Waals surface area (Å²) in [5.74, 6) is -2.05. The van der Waals surface area contributed by atoms with Crippen LogP contribution in [0.25, 0.3) is 11.1 Å². The van der Waals surface area contributed by atoms with Crippen molar-refractivity contribution in [3.63, 3.8) is 0 Å². The standard InChI is InChI=1S/C19H21NO5S/c1-10-5-6-13(11(2)9-10)16-12(3)26-18(17(16)19(24)25-4)20-14(21)7-8-15(22)23/h5-6,9H,7-8H2,1-4H3,(H,20,21)(H,22,23). The lowest BCUT2D eigenvalue weighted by Gasteiger charge is -2.10. The maximum absolute atomic E-state index is 12.4. The minimum absolute atomic E-state index is 0.161. The average molecular weight is 375 g/mol. The van der Waals surface area contributed by atoms with Crippen molar-refractivity contribution in [1.29, 1.82) is 0 Å². The molecule has 7 heteroatoms. The summed E-state index contributed by atoms with van der Waals surface area (Å²) in [6.45, 7) is 5.83. The fourth-order valence-corrected chi connectivity index (χ4v) is 3.83. The minimum atomic E-state index is -1.05. The Morgan fingerprint density at radius 1 is 1.15 bits per heavy atom. The summed E-state index contributed by atoms with van der Waals surface area (Å²) in [6, 6.07) is 5.94. The van der Waals surface area contributed by atoms with E-state index in [0.29, 0.717) is 10.6 Å². The molecule has 138 valence electrons. The number of thiophene rings is 1. The van der Waals surface area contributed by atoms with Gasteiger partial charge in [-0.2, -0.15) is 0 Å². The number of methoxy groups -OCH3 is 1. The topological polar surface area (TPSA) is 92.7 Å². The highest BCUT2D eigenvalue weighted by Crippen LogP contribution is 2.41. The van der Waals surface area contributed by atoms with Gasteiger partial charge in [0.2, 0.25) is 5.91 Å². The summed E-state index contributed by atoms with van der Waals surface area (Å²) >= 11 is 1.27. The van der Waals surface area contributed by atoms with Crippen molar-refractivity contribution in [1.82, 2.24) is 0 Å². The van der Waals surface area contributed by atoms with Gasteiger partial charge in [-0.05, 0) is 31.9 Å². The Balaban J connectivity index is 2.49. The number of esters is 1. The second kappa shape index (κ2) is 8.14. The maximum atomic E-state index is 12.4. The molecule has 0 saturated carbocycles. The van der Waals surface area contributed by atoms with Crippen molar-refractivity contribution in [2.45, 2.75) is 33.6 Å². The number of anilines is 1. The van der Waals surface area contributed by atoms with Crippen molar-refractivity contribution in [2.24, 2.45) is 0 Å². The van der Waals surface area contributed by atoms with Gasteiger partial charge in [0.1, 0.15) is 10.6 Å². The summed E-state index contributed by atoms with van der Waals surface area (Å²) in [4.78, 5) is 35.9. The van der Waals surface area contributed by atoms with Crippen molar-refractivity contribution < 1.29 is 24.2 Å². The predicted octanol–water partition coefficient (Wildman–Crippen LogP) is 3.93. The fraction of sp³-hybridized carbons (Fsp3) is 0.316. The van der Waals surface area contributed by atoms with Gasteiger partial charge >= 0.3 is 11.9 Å². The van der Waals surface area contributed by atoms with E-state index in [9.17, 15) is 14.4 Å². The number of nitrogens with one attached hydrogen (secondary N) is 1. The third-order valence-electron chi connectivity index (χ3n) is 3.94. The Morgan fingerprint density at radius 3 is 2.42 bits per heavy atom. The highest BCUT2D eigenvalue weighted by molar-refractivity contribution is 7.17. The number of carbonyl (C=O) groups is 3. The van der Waals surface area contributed by atoms with Crippen LogP contribution in [0.3, 0.4) is 0 Å². The molecule has 0 aliphatic carbocycles. The van der Waals surface area contributed by atoms with E-state index in [4.69, 9.17) is 9.84 Å². The minimum Gasteiger partial charge on any atom is -0.481 e. The number of amides is 1. The first-order chi connectivity index (χ1) is 12.2. The third-order valence-corrected chi connectivity index (χ3v) is 4.96. The molecule has 0 aliphatic heterocycles. The Kier molecular flexibility index (Phi) is 6.15. The number of aliphatic carboxylic acids is 1. The van der Waals surface area contributed by atoms with E-state index in [0.717, 1.165) is 27.1 Å². The van der Waals surface area contributed by atoms with Crippen LogP contribution >= 0.6 is 11.3 Å². The quantitative estimate of drug-likeness (QED) is 0.746. The first kappa shape index (κ1) is 19.7. The molecule has 0 spiro atoms. The Labute approximate surface area is 155 Å².